The molecule has 1 aliphatic rings. The van der Waals surface area contributed by atoms with Crippen LogP contribution in [0.4, 0.5) is 0 Å². The Morgan fingerprint density at radius 3 is 2.52 bits per heavy atom. The van der Waals surface area contributed by atoms with Gasteiger partial charge in [0.25, 0.3) is 0 Å². The number of rotatable bonds is 7. The first-order chi connectivity index (χ1) is 13.1. The van der Waals surface area contributed by atoms with Gasteiger partial charge in [-0.3, -0.25) is 4.99 Å². The molecule has 1 aromatic heterocycles. The number of guanidine groups is 1. The summed E-state index contributed by atoms with van der Waals surface area (Å²) in [4.78, 5) is 4.96. The van der Waals surface area contributed by atoms with Crippen LogP contribution in [0.2, 0.25) is 0 Å². The molecule has 5 nitrogen and oxygen atoms in total. The quantitative estimate of drug-likeness (QED) is 0.575. The van der Waals surface area contributed by atoms with E-state index in [-0.39, 0.29) is 5.41 Å². The molecular formula is C22H32N4O. The van der Waals surface area contributed by atoms with Gasteiger partial charge in [-0.05, 0) is 45.6 Å². The second-order valence-corrected chi connectivity index (χ2v) is 7.53. The molecule has 0 bridgehead atoms. The van der Waals surface area contributed by atoms with Crippen LogP contribution in [-0.2, 0) is 11.8 Å². The number of hydrogen-bond acceptors (Lipinski definition) is 3. The Balaban J connectivity index is 1.65. The lowest BCUT2D eigenvalue weighted by Crippen LogP contribution is -2.39. The molecule has 27 heavy (non-hydrogen) atoms. The first-order valence-corrected chi connectivity index (χ1v) is 10.1. The smallest absolute Gasteiger partial charge is 0.191 e. The SMILES string of the molecule is CCNC(=NCC1(c2ccccc2)CCCC1)NCCc1c(C)noc1C. The van der Waals surface area contributed by atoms with Gasteiger partial charge in [-0.2, -0.15) is 0 Å². The molecule has 0 radical (unpaired) electrons. The largest absolute Gasteiger partial charge is 0.361 e. The molecule has 1 aromatic carbocycles. The van der Waals surface area contributed by atoms with E-state index < -0.39 is 0 Å². The van der Waals surface area contributed by atoms with Crippen molar-refractivity contribution >= 4 is 5.96 Å². The standard InChI is InChI=1S/C22H32N4O/c1-4-23-21(24-15-12-20-17(2)26-27-18(20)3)25-16-22(13-8-9-14-22)19-10-6-5-7-11-19/h5-7,10-11H,4,8-9,12-16H2,1-3H3,(H2,23,24,25). The van der Waals surface area contributed by atoms with Crippen molar-refractivity contribution in [2.75, 3.05) is 19.6 Å². The fraction of sp³-hybridized carbons (Fsp3) is 0.545. The van der Waals surface area contributed by atoms with Crippen LogP contribution in [0.25, 0.3) is 0 Å². The highest BCUT2D eigenvalue weighted by molar-refractivity contribution is 5.79. The van der Waals surface area contributed by atoms with Crippen LogP contribution >= 0.6 is 0 Å². The minimum Gasteiger partial charge on any atom is -0.361 e. The Hall–Kier alpha value is -2.30. The van der Waals surface area contributed by atoms with E-state index in [2.05, 4.69) is 53.0 Å². The van der Waals surface area contributed by atoms with Crippen LogP contribution in [0.1, 0.15) is 55.2 Å². The summed E-state index contributed by atoms with van der Waals surface area (Å²) in [6, 6.07) is 10.9. The van der Waals surface area contributed by atoms with E-state index in [1.807, 2.05) is 13.8 Å². The van der Waals surface area contributed by atoms with Crippen LogP contribution in [0.15, 0.2) is 39.8 Å². The van der Waals surface area contributed by atoms with Gasteiger partial charge >= 0.3 is 0 Å². The maximum absolute atomic E-state index is 5.25. The summed E-state index contributed by atoms with van der Waals surface area (Å²) in [6.07, 6.45) is 5.91. The molecule has 1 saturated carbocycles. The maximum atomic E-state index is 5.25. The lowest BCUT2D eigenvalue weighted by Gasteiger charge is -2.28. The van der Waals surface area contributed by atoms with Gasteiger partial charge in [0.2, 0.25) is 0 Å². The van der Waals surface area contributed by atoms with Gasteiger partial charge in [0.1, 0.15) is 5.76 Å². The van der Waals surface area contributed by atoms with Crippen molar-refractivity contribution in [3.63, 3.8) is 0 Å². The second-order valence-electron chi connectivity index (χ2n) is 7.53. The van der Waals surface area contributed by atoms with Gasteiger partial charge in [0, 0.05) is 24.1 Å². The first kappa shape index (κ1) is 19.5. The highest BCUT2D eigenvalue weighted by Crippen LogP contribution is 2.41. The number of nitrogens with zero attached hydrogens (tertiary/aromatic N) is 2. The molecule has 1 fully saturated rings. The van der Waals surface area contributed by atoms with Crippen molar-refractivity contribution in [2.24, 2.45) is 4.99 Å². The minimum absolute atomic E-state index is 0.186. The minimum atomic E-state index is 0.186. The predicted molar refractivity (Wildman–Crippen MR) is 110 cm³/mol. The summed E-state index contributed by atoms with van der Waals surface area (Å²) >= 11 is 0. The summed E-state index contributed by atoms with van der Waals surface area (Å²) in [5.41, 5.74) is 3.78. The highest BCUT2D eigenvalue weighted by Gasteiger charge is 2.35. The summed E-state index contributed by atoms with van der Waals surface area (Å²) < 4.78 is 5.25. The molecule has 146 valence electrons. The van der Waals surface area contributed by atoms with Gasteiger partial charge in [0.15, 0.2) is 5.96 Å². The number of aliphatic imine (C=N–C) groups is 1. The van der Waals surface area contributed by atoms with E-state index >= 15 is 0 Å². The average Bonchev–Trinajstić information content (AvgIpc) is 3.29. The van der Waals surface area contributed by atoms with Crippen molar-refractivity contribution in [1.82, 2.24) is 15.8 Å². The summed E-state index contributed by atoms with van der Waals surface area (Å²) in [6.45, 7) is 8.57. The number of hydrogen-bond donors (Lipinski definition) is 2. The molecule has 0 spiro atoms. The fourth-order valence-electron chi connectivity index (χ4n) is 4.12. The molecule has 0 aliphatic heterocycles. The van der Waals surface area contributed by atoms with Gasteiger partial charge in [-0.25, -0.2) is 0 Å². The van der Waals surface area contributed by atoms with Crippen molar-refractivity contribution in [1.29, 1.82) is 0 Å². The van der Waals surface area contributed by atoms with Crippen LogP contribution in [0, 0.1) is 13.8 Å². The third-order valence-electron chi connectivity index (χ3n) is 5.68. The van der Waals surface area contributed by atoms with Crippen LogP contribution < -0.4 is 10.6 Å². The van der Waals surface area contributed by atoms with E-state index in [0.717, 1.165) is 43.5 Å². The second kappa shape index (κ2) is 9.07. The Bertz CT molecular complexity index is 725. The Morgan fingerprint density at radius 1 is 1.15 bits per heavy atom. The fourth-order valence-corrected chi connectivity index (χ4v) is 4.12. The zero-order valence-corrected chi connectivity index (χ0v) is 16.8. The van der Waals surface area contributed by atoms with E-state index in [0.29, 0.717) is 0 Å². The Labute approximate surface area is 162 Å². The normalized spacial score (nSPS) is 16.5. The average molecular weight is 369 g/mol. The van der Waals surface area contributed by atoms with Crippen molar-refractivity contribution in [2.45, 2.75) is 58.3 Å². The van der Waals surface area contributed by atoms with Crippen LogP contribution in [-0.4, -0.2) is 30.8 Å². The molecule has 2 N–H and O–H groups in total. The van der Waals surface area contributed by atoms with Gasteiger partial charge < -0.3 is 15.2 Å². The molecular weight excluding hydrogens is 336 g/mol. The van der Waals surface area contributed by atoms with Gasteiger partial charge in [-0.15, -0.1) is 0 Å². The van der Waals surface area contributed by atoms with Gasteiger partial charge in [-0.1, -0.05) is 48.3 Å². The van der Waals surface area contributed by atoms with Crippen molar-refractivity contribution in [3.8, 4) is 0 Å². The molecule has 0 saturated heterocycles. The molecule has 0 atom stereocenters. The monoisotopic (exact) mass is 368 g/mol. The van der Waals surface area contributed by atoms with E-state index in [4.69, 9.17) is 9.52 Å². The van der Waals surface area contributed by atoms with E-state index in [1.54, 1.807) is 0 Å². The topological polar surface area (TPSA) is 62.5 Å². The zero-order chi connectivity index (χ0) is 19.1. The van der Waals surface area contributed by atoms with E-state index in [1.165, 1.54) is 36.8 Å². The lowest BCUT2D eigenvalue weighted by atomic mass is 9.79. The first-order valence-electron chi connectivity index (χ1n) is 10.1. The molecule has 3 rings (SSSR count). The highest BCUT2D eigenvalue weighted by atomic mass is 16.5. The lowest BCUT2D eigenvalue weighted by molar-refractivity contribution is 0.392. The maximum Gasteiger partial charge on any atom is 0.191 e. The molecule has 5 heteroatoms. The van der Waals surface area contributed by atoms with Crippen LogP contribution in [0.3, 0.4) is 0 Å². The molecule has 0 amide bonds. The zero-order valence-electron chi connectivity index (χ0n) is 16.8. The van der Waals surface area contributed by atoms with Crippen molar-refractivity contribution in [3.05, 3.63) is 52.9 Å². The van der Waals surface area contributed by atoms with E-state index in [9.17, 15) is 0 Å². The Kier molecular flexibility index (Phi) is 6.54. The Morgan fingerprint density at radius 2 is 1.89 bits per heavy atom. The number of aryl methyl sites for hydroxylation is 2. The predicted octanol–water partition coefficient (Wildman–Crippen LogP) is 3.90. The number of aromatic nitrogens is 1. The number of nitrogens with one attached hydrogen (secondary N) is 2. The molecule has 0 unspecified atom stereocenters. The summed E-state index contributed by atoms with van der Waals surface area (Å²) in [5.74, 6) is 1.80. The third kappa shape index (κ3) is 4.71. The number of benzene rings is 1. The van der Waals surface area contributed by atoms with Gasteiger partial charge in [0.05, 0.1) is 12.2 Å². The third-order valence-corrected chi connectivity index (χ3v) is 5.68. The molecule has 1 aliphatic carbocycles. The summed E-state index contributed by atoms with van der Waals surface area (Å²) in [5, 5.41) is 10.9. The molecule has 1 heterocycles. The van der Waals surface area contributed by atoms with Crippen LogP contribution in [0.5, 0.6) is 0 Å². The summed E-state index contributed by atoms with van der Waals surface area (Å²) in [7, 11) is 0. The molecule has 2 aromatic rings. The van der Waals surface area contributed by atoms with Crippen molar-refractivity contribution < 1.29 is 4.52 Å².